The summed E-state index contributed by atoms with van der Waals surface area (Å²) in [6.07, 6.45) is 0. The summed E-state index contributed by atoms with van der Waals surface area (Å²) < 4.78 is 1.19. The van der Waals surface area contributed by atoms with E-state index in [0.717, 1.165) is 43.7 Å². The Morgan fingerprint density at radius 2 is 1.95 bits per heavy atom. The van der Waals surface area contributed by atoms with E-state index in [2.05, 4.69) is 17.9 Å². The lowest BCUT2D eigenvalue weighted by molar-refractivity contribution is 0.0646. The van der Waals surface area contributed by atoms with Crippen molar-refractivity contribution in [3.8, 4) is 0 Å². The summed E-state index contributed by atoms with van der Waals surface area (Å²) in [7, 11) is 0. The molecule has 1 fully saturated rings. The number of amides is 1. The first-order valence-electron chi connectivity index (χ1n) is 6.77. The zero-order valence-corrected chi connectivity index (χ0v) is 11.9. The molecule has 0 N–H and O–H groups in total. The molecule has 0 bridgehead atoms. The van der Waals surface area contributed by atoms with Crippen LogP contribution in [0.1, 0.15) is 17.3 Å². The number of rotatable bonds is 2. The largest absolute Gasteiger partial charge is 0.336 e. The van der Waals surface area contributed by atoms with Gasteiger partial charge in [0, 0.05) is 41.6 Å². The maximum Gasteiger partial charge on any atom is 0.255 e. The fourth-order valence-electron chi connectivity index (χ4n) is 2.58. The summed E-state index contributed by atoms with van der Waals surface area (Å²) >= 11 is 1.65. The molecule has 0 atom stereocenters. The van der Waals surface area contributed by atoms with Crippen LogP contribution in [-0.2, 0) is 0 Å². The molecule has 2 aromatic rings. The molecule has 1 aliphatic rings. The first-order valence-corrected chi connectivity index (χ1v) is 7.65. The van der Waals surface area contributed by atoms with Gasteiger partial charge in [0.05, 0.1) is 5.56 Å². The fourth-order valence-corrected chi connectivity index (χ4v) is 3.52. The Balaban J connectivity index is 1.81. The molecule has 1 aromatic carbocycles. The number of hydrogen-bond acceptors (Lipinski definition) is 3. The highest BCUT2D eigenvalue weighted by atomic mass is 32.1. The van der Waals surface area contributed by atoms with Gasteiger partial charge in [-0.3, -0.25) is 4.79 Å². The van der Waals surface area contributed by atoms with E-state index in [9.17, 15) is 4.79 Å². The van der Waals surface area contributed by atoms with Crippen LogP contribution in [-0.4, -0.2) is 48.4 Å². The highest BCUT2D eigenvalue weighted by Crippen LogP contribution is 2.26. The highest BCUT2D eigenvalue weighted by Gasteiger charge is 2.23. The van der Waals surface area contributed by atoms with Crippen LogP contribution in [0.4, 0.5) is 0 Å². The van der Waals surface area contributed by atoms with E-state index in [4.69, 9.17) is 0 Å². The number of nitrogens with zero attached hydrogens (tertiary/aromatic N) is 2. The molecule has 2 heterocycles. The van der Waals surface area contributed by atoms with E-state index in [1.54, 1.807) is 11.3 Å². The van der Waals surface area contributed by atoms with E-state index >= 15 is 0 Å². The standard InChI is InChI=1S/C15H18N2OS/c1-2-16-7-9-17(10-8-16)15(18)13-11-19-14-6-4-3-5-12(13)14/h3-6,11H,2,7-10H2,1H3. The number of hydrogen-bond donors (Lipinski definition) is 0. The van der Waals surface area contributed by atoms with E-state index in [1.165, 1.54) is 4.70 Å². The van der Waals surface area contributed by atoms with Gasteiger partial charge in [-0.25, -0.2) is 0 Å². The Kier molecular flexibility index (Phi) is 3.53. The summed E-state index contributed by atoms with van der Waals surface area (Å²) in [5.74, 6) is 0.188. The zero-order valence-electron chi connectivity index (χ0n) is 11.1. The number of likely N-dealkylation sites (N-methyl/N-ethyl adjacent to an activating group) is 1. The third kappa shape index (κ3) is 2.38. The molecule has 0 aliphatic carbocycles. The van der Waals surface area contributed by atoms with Gasteiger partial charge in [0.15, 0.2) is 0 Å². The second-order valence-electron chi connectivity index (χ2n) is 4.87. The molecule has 100 valence electrons. The van der Waals surface area contributed by atoms with Crippen molar-refractivity contribution in [2.24, 2.45) is 0 Å². The van der Waals surface area contributed by atoms with Crippen LogP contribution in [0.3, 0.4) is 0 Å². The molecular weight excluding hydrogens is 256 g/mol. The van der Waals surface area contributed by atoms with Gasteiger partial charge >= 0.3 is 0 Å². The molecular formula is C15H18N2OS. The molecule has 1 aromatic heterocycles. The molecule has 0 spiro atoms. The Morgan fingerprint density at radius 3 is 2.68 bits per heavy atom. The lowest BCUT2D eigenvalue weighted by Crippen LogP contribution is -2.48. The van der Waals surface area contributed by atoms with Crippen molar-refractivity contribution in [3.63, 3.8) is 0 Å². The lowest BCUT2D eigenvalue weighted by Gasteiger charge is -2.34. The monoisotopic (exact) mass is 274 g/mol. The number of piperazine rings is 1. The third-order valence-corrected chi connectivity index (χ3v) is 4.78. The molecule has 3 rings (SSSR count). The normalized spacial score (nSPS) is 17.0. The summed E-state index contributed by atoms with van der Waals surface area (Å²) in [5.41, 5.74) is 0.866. The predicted octanol–water partition coefficient (Wildman–Crippen LogP) is 2.68. The van der Waals surface area contributed by atoms with Crippen LogP contribution in [0.15, 0.2) is 29.6 Å². The van der Waals surface area contributed by atoms with Gasteiger partial charge in [0.25, 0.3) is 5.91 Å². The van der Waals surface area contributed by atoms with Gasteiger partial charge in [-0.05, 0) is 12.6 Å². The van der Waals surface area contributed by atoms with Crippen molar-refractivity contribution >= 4 is 27.3 Å². The topological polar surface area (TPSA) is 23.6 Å². The van der Waals surface area contributed by atoms with E-state index in [0.29, 0.717) is 0 Å². The molecule has 0 unspecified atom stereocenters. The van der Waals surface area contributed by atoms with Gasteiger partial charge in [0.2, 0.25) is 0 Å². The third-order valence-electron chi connectivity index (χ3n) is 3.82. The smallest absolute Gasteiger partial charge is 0.255 e. The molecule has 0 radical (unpaired) electrons. The minimum Gasteiger partial charge on any atom is -0.336 e. The average molecular weight is 274 g/mol. The maximum atomic E-state index is 12.6. The van der Waals surface area contributed by atoms with Crippen molar-refractivity contribution in [1.82, 2.24) is 9.80 Å². The summed E-state index contributed by atoms with van der Waals surface area (Å²) in [6, 6.07) is 8.14. The Bertz CT molecular complexity index is 585. The SMILES string of the molecule is CCN1CCN(C(=O)c2csc3ccccc23)CC1. The number of carbonyl (C=O) groups excluding carboxylic acids is 1. The Hall–Kier alpha value is -1.39. The van der Waals surface area contributed by atoms with Crippen LogP contribution in [0.2, 0.25) is 0 Å². The molecule has 4 heteroatoms. The summed E-state index contributed by atoms with van der Waals surface area (Å²) in [4.78, 5) is 17.0. The van der Waals surface area contributed by atoms with E-state index in [-0.39, 0.29) is 5.91 Å². The van der Waals surface area contributed by atoms with Crippen LogP contribution < -0.4 is 0 Å². The molecule has 3 nitrogen and oxygen atoms in total. The minimum atomic E-state index is 0.188. The molecule has 19 heavy (non-hydrogen) atoms. The summed E-state index contributed by atoms with van der Waals surface area (Å²) in [5, 5.41) is 3.09. The summed E-state index contributed by atoms with van der Waals surface area (Å²) in [6.45, 7) is 6.91. The number of benzene rings is 1. The number of carbonyl (C=O) groups is 1. The number of thiophene rings is 1. The van der Waals surface area contributed by atoms with Gasteiger partial charge < -0.3 is 9.80 Å². The maximum absolute atomic E-state index is 12.6. The Labute approximate surface area is 117 Å². The predicted molar refractivity (Wildman–Crippen MR) is 79.8 cm³/mol. The average Bonchev–Trinajstić information content (AvgIpc) is 2.90. The van der Waals surface area contributed by atoms with Gasteiger partial charge in [-0.15, -0.1) is 11.3 Å². The Morgan fingerprint density at radius 1 is 1.21 bits per heavy atom. The first kappa shape index (κ1) is 12.6. The van der Waals surface area contributed by atoms with E-state index in [1.807, 2.05) is 28.5 Å². The van der Waals surface area contributed by atoms with Crippen LogP contribution in [0, 0.1) is 0 Å². The van der Waals surface area contributed by atoms with Gasteiger partial charge in [0.1, 0.15) is 0 Å². The molecule has 1 saturated heterocycles. The second-order valence-corrected chi connectivity index (χ2v) is 5.78. The molecule has 0 saturated carbocycles. The van der Waals surface area contributed by atoms with Crippen molar-refractivity contribution in [2.75, 3.05) is 32.7 Å². The quantitative estimate of drug-likeness (QED) is 0.840. The van der Waals surface area contributed by atoms with Crippen molar-refractivity contribution in [2.45, 2.75) is 6.92 Å². The van der Waals surface area contributed by atoms with Crippen LogP contribution >= 0.6 is 11.3 Å². The van der Waals surface area contributed by atoms with Crippen molar-refractivity contribution in [1.29, 1.82) is 0 Å². The number of fused-ring (bicyclic) bond motifs is 1. The van der Waals surface area contributed by atoms with Crippen LogP contribution in [0.5, 0.6) is 0 Å². The van der Waals surface area contributed by atoms with Crippen molar-refractivity contribution in [3.05, 3.63) is 35.2 Å². The molecule has 1 amide bonds. The van der Waals surface area contributed by atoms with Crippen molar-refractivity contribution < 1.29 is 4.79 Å². The van der Waals surface area contributed by atoms with Gasteiger partial charge in [-0.1, -0.05) is 25.1 Å². The molecule has 1 aliphatic heterocycles. The minimum absolute atomic E-state index is 0.188. The van der Waals surface area contributed by atoms with Crippen LogP contribution in [0.25, 0.3) is 10.1 Å². The second kappa shape index (κ2) is 5.31. The highest BCUT2D eigenvalue weighted by molar-refractivity contribution is 7.17. The fraction of sp³-hybridized carbons (Fsp3) is 0.400. The lowest BCUT2D eigenvalue weighted by atomic mass is 10.1. The zero-order chi connectivity index (χ0) is 13.2. The van der Waals surface area contributed by atoms with E-state index < -0.39 is 0 Å². The van der Waals surface area contributed by atoms with Gasteiger partial charge in [-0.2, -0.15) is 0 Å². The first-order chi connectivity index (χ1) is 9.29.